The third-order valence-corrected chi connectivity index (χ3v) is 1.23. The maximum atomic E-state index is 5.57. The van der Waals surface area contributed by atoms with E-state index in [2.05, 4.69) is 15.2 Å². The largest absolute Gasteiger partial charge is 0.328 e. The van der Waals surface area contributed by atoms with Crippen molar-refractivity contribution in [1.82, 2.24) is 15.2 Å². The summed E-state index contributed by atoms with van der Waals surface area (Å²) in [7, 11) is 0. The van der Waals surface area contributed by atoms with Gasteiger partial charge in [0.05, 0.1) is 11.9 Å². The first-order valence-electron chi connectivity index (χ1n) is 3.59. The molecule has 0 aliphatic rings. The third-order valence-electron chi connectivity index (χ3n) is 1.23. The maximum absolute atomic E-state index is 5.57. The number of nitrogens with two attached hydrogens (primary N) is 1. The Hall–Kier alpha value is -1.03. The number of aromatic nitrogens is 3. The lowest BCUT2D eigenvalue weighted by Crippen LogP contribution is -2.19. The smallest absolute Gasteiger partial charge is 0.152 e. The van der Waals surface area contributed by atoms with Gasteiger partial charge in [0.1, 0.15) is 0 Å². The summed E-state index contributed by atoms with van der Waals surface area (Å²) in [5.74, 6) is 0.722. The monoisotopic (exact) mass is 152 g/mol. The summed E-state index contributed by atoms with van der Waals surface area (Å²) in [4.78, 5) is 4.16. The van der Waals surface area contributed by atoms with Gasteiger partial charge < -0.3 is 5.73 Å². The van der Waals surface area contributed by atoms with Crippen LogP contribution in [0.5, 0.6) is 0 Å². The molecule has 0 aromatic carbocycles. The number of nitrogens with zero attached hydrogens (tertiary/aromatic N) is 3. The molecule has 4 nitrogen and oxygen atoms in total. The molecule has 4 heteroatoms. The van der Waals surface area contributed by atoms with Gasteiger partial charge in [-0.2, -0.15) is 5.10 Å². The van der Waals surface area contributed by atoms with Gasteiger partial charge in [0.15, 0.2) is 5.82 Å². The number of rotatable bonds is 2. The van der Waals surface area contributed by atoms with E-state index in [-0.39, 0.29) is 6.04 Å². The van der Waals surface area contributed by atoms with Crippen LogP contribution in [0, 0.1) is 6.92 Å². The Balaban J connectivity index is 2.71. The van der Waals surface area contributed by atoms with Crippen molar-refractivity contribution in [2.75, 3.05) is 0 Å². The Morgan fingerprint density at radius 1 is 1.64 bits per heavy atom. The summed E-state index contributed by atoms with van der Waals surface area (Å²) in [6.45, 7) is 3.81. The minimum Gasteiger partial charge on any atom is -0.328 e. The number of aryl methyl sites for hydroxylation is 1. The zero-order valence-corrected chi connectivity index (χ0v) is 6.78. The number of hydrogen-bond acceptors (Lipinski definition) is 4. The van der Waals surface area contributed by atoms with Crippen LogP contribution in [0.25, 0.3) is 0 Å². The van der Waals surface area contributed by atoms with Crippen LogP contribution in [0.4, 0.5) is 0 Å². The van der Waals surface area contributed by atoms with E-state index in [9.17, 15) is 0 Å². The van der Waals surface area contributed by atoms with Gasteiger partial charge in [0, 0.05) is 12.5 Å². The standard InChI is InChI=1S/C7H12N4/c1-5(8)3-7-10-6(2)4-9-11-7/h4-5H,3,8H2,1-2H3. The Labute approximate surface area is 65.9 Å². The fourth-order valence-electron chi connectivity index (χ4n) is 0.808. The lowest BCUT2D eigenvalue weighted by Gasteiger charge is -2.01. The topological polar surface area (TPSA) is 64.7 Å². The van der Waals surface area contributed by atoms with E-state index in [0.717, 1.165) is 11.5 Å². The highest BCUT2D eigenvalue weighted by Gasteiger charge is 2.00. The first-order chi connectivity index (χ1) is 5.18. The maximum Gasteiger partial charge on any atom is 0.152 e. The molecule has 0 amide bonds. The average Bonchev–Trinajstić information content (AvgIpc) is 1.85. The van der Waals surface area contributed by atoms with Gasteiger partial charge in [-0.3, -0.25) is 0 Å². The highest BCUT2D eigenvalue weighted by molar-refractivity contribution is 4.94. The van der Waals surface area contributed by atoms with Crippen molar-refractivity contribution in [3.05, 3.63) is 17.7 Å². The van der Waals surface area contributed by atoms with Crippen LogP contribution in [0.1, 0.15) is 18.4 Å². The summed E-state index contributed by atoms with van der Waals surface area (Å²) in [6, 6.07) is 0.0959. The van der Waals surface area contributed by atoms with E-state index >= 15 is 0 Å². The molecule has 1 aromatic rings. The quantitative estimate of drug-likeness (QED) is 0.651. The van der Waals surface area contributed by atoms with E-state index in [1.54, 1.807) is 6.20 Å². The summed E-state index contributed by atoms with van der Waals surface area (Å²) in [5.41, 5.74) is 6.45. The van der Waals surface area contributed by atoms with Crippen molar-refractivity contribution in [3.63, 3.8) is 0 Å². The Kier molecular flexibility index (Phi) is 2.48. The molecule has 0 aliphatic carbocycles. The molecular weight excluding hydrogens is 140 g/mol. The van der Waals surface area contributed by atoms with Crippen LogP contribution in [-0.2, 0) is 6.42 Å². The first-order valence-corrected chi connectivity index (χ1v) is 3.59. The van der Waals surface area contributed by atoms with Crippen LogP contribution in [0.3, 0.4) is 0 Å². The minimum absolute atomic E-state index is 0.0959. The molecule has 0 aliphatic heterocycles. The van der Waals surface area contributed by atoms with Crippen molar-refractivity contribution < 1.29 is 0 Å². The predicted octanol–water partition coefficient (Wildman–Crippen LogP) is 0.0697. The molecule has 1 heterocycles. The number of hydrogen-bond donors (Lipinski definition) is 1. The van der Waals surface area contributed by atoms with Gasteiger partial charge in [0.2, 0.25) is 0 Å². The summed E-state index contributed by atoms with van der Waals surface area (Å²) < 4.78 is 0. The van der Waals surface area contributed by atoms with Crippen LogP contribution < -0.4 is 5.73 Å². The minimum atomic E-state index is 0.0959. The second-order valence-electron chi connectivity index (χ2n) is 2.70. The molecule has 0 saturated carbocycles. The molecule has 1 aromatic heterocycles. The van der Waals surface area contributed by atoms with E-state index in [0.29, 0.717) is 6.42 Å². The Bertz CT molecular complexity index is 234. The molecule has 60 valence electrons. The molecule has 0 saturated heterocycles. The second kappa shape index (κ2) is 3.39. The lowest BCUT2D eigenvalue weighted by molar-refractivity contribution is 0.680. The molecule has 1 rings (SSSR count). The molecule has 2 N–H and O–H groups in total. The van der Waals surface area contributed by atoms with Gasteiger partial charge in [0.25, 0.3) is 0 Å². The van der Waals surface area contributed by atoms with Crippen LogP contribution in [0.15, 0.2) is 6.20 Å². The zero-order chi connectivity index (χ0) is 8.27. The van der Waals surface area contributed by atoms with Crippen LogP contribution >= 0.6 is 0 Å². The molecule has 0 fully saturated rings. The van der Waals surface area contributed by atoms with E-state index in [1.807, 2.05) is 13.8 Å². The Morgan fingerprint density at radius 3 is 2.91 bits per heavy atom. The first kappa shape index (κ1) is 8.07. The van der Waals surface area contributed by atoms with Crippen molar-refractivity contribution in [2.24, 2.45) is 5.73 Å². The van der Waals surface area contributed by atoms with Gasteiger partial charge >= 0.3 is 0 Å². The molecule has 11 heavy (non-hydrogen) atoms. The van der Waals surface area contributed by atoms with Crippen LogP contribution in [0.2, 0.25) is 0 Å². The summed E-state index contributed by atoms with van der Waals surface area (Å²) >= 11 is 0. The van der Waals surface area contributed by atoms with Crippen molar-refractivity contribution in [1.29, 1.82) is 0 Å². The fraction of sp³-hybridized carbons (Fsp3) is 0.571. The van der Waals surface area contributed by atoms with E-state index in [1.165, 1.54) is 0 Å². The van der Waals surface area contributed by atoms with Gasteiger partial charge in [-0.05, 0) is 13.8 Å². The van der Waals surface area contributed by atoms with Gasteiger partial charge in [-0.25, -0.2) is 4.98 Å². The molecule has 1 unspecified atom stereocenters. The average molecular weight is 152 g/mol. The highest BCUT2D eigenvalue weighted by Crippen LogP contribution is 1.93. The van der Waals surface area contributed by atoms with E-state index < -0.39 is 0 Å². The van der Waals surface area contributed by atoms with Crippen molar-refractivity contribution in [2.45, 2.75) is 26.3 Å². The van der Waals surface area contributed by atoms with Gasteiger partial charge in [-0.1, -0.05) is 0 Å². The zero-order valence-electron chi connectivity index (χ0n) is 6.78. The normalized spacial score (nSPS) is 13.0. The predicted molar refractivity (Wildman–Crippen MR) is 41.9 cm³/mol. The molecule has 0 spiro atoms. The molecule has 0 radical (unpaired) electrons. The van der Waals surface area contributed by atoms with Crippen LogP contribution in [-0.4, -0.2) is 21.2 Å². The lowest BCUT2D eigenvalue weighted by atomic mass is 10.2. The second-order valence-corrected chi connectivity index (χ2v) is 2.70. The van der Waals surface area contributed by atoms with Gasteiger partial charge in [-0.15, -0.1) is 5.10 Å². The molecule has 1 atom stereocenters. The SMILES string of the molecule is Cc1cnnc(CC(C)N)n1. The fourth-order valence-corrected chi connectivity index (χ4v) is 0.808. The van der Waals surface area contributed by atoms with E-state index in [4.69, 9.17) is 5.73 Å². The highest BCUT2D eigenvalue weighted by atomic mass is 15.1. The summed E-state index contributed by atoms with van der Waals surface area (Å²) in [6.07, 6.45) is 2.32. The molecule has 0 bridgehead atoms. The van der Waals surface area contributed by atoms with Crippen molar-refractivity contribution >= 4 is 0 Å². The molecular formula is C7H12N4. The third kappa shape index (κ3) is 2.59. The summed E-state index contributed by atoms with van der Waals surface area (Å²) in [5, 5.41) is 7.61. The Morgan fingerprint density at radius 2 is 2.36 bits per heavy atom. The van der Waals surface area contributed by atoms with Crippen molar-refractivity contribution in [3.8, 4) is 0 Å².